The number of amides is 2. The van der Waals surface area contributed by atoms with E-state index in [9.17, 15) is 14.4 Å². The molecule has 0 saturated carbocycles. The van der Waals surface area contributed by atoms with Crippen molar-refractivity contribution in [2.24, 2.45) is 5.73 Å². The van der Waals surface area contributed by atoms with Crippen molar-refractivity contribution in [3.63, 3.8) is 0 Å². The van der Waals surface area contributed by atoms with Gasteiger partial charge in [-0.25, -0.2) is 4.79 Å². The first-order chi connectivity index (χ1) is 9.38. The molecule has 1 aromatic carbocycles. The molecule has 2 amide bonds. The van der Waals surface area contributed by atoms with Gasteiger partial charge in [-0.1, -0.05) is 23.7 Å². The van der Waals surface area contributed by atoms with Gasteiger partial charge in [-0.05, 0) is 23.8 Å². The molecule has 0 aromatic heterocycles. The fourth-order valence-corrected chi connectivity index (χ4v) is 1.49. The number of rotatable bonds is 6. The van der Waals surface area contributed by atoms with Gasteiger partial charge in [0.2, 0.25) is 11.8 Å². The van der Waals surface area contributed by atoms with E-state index in [1.165, 1.54) is 12.2 Å². The number of carbonyl (C=O) groups is 3. The fraction of sp³-hybridized carbons (Fsp3) is 0.154. The SMILES string of the molecule is NC(=O)C[C@H](NC(=O)C=Cc1ccc(Cl)cc1)C(=O)O. The highest BCUT2D eigenvalue weighted by Crippen LogP contribution is 2.10. The maximum Gasteiger partial charge on any atom is 0.326 e. The van der Waals surface area contributed by atoms with Gasteiger partial charge >= 0.3 is 5.97 Å². The van der Waals surface area contributed by atoms with Crippen molar-refractivity contribution < 1.29 is 19.5 Å². The zero-order chi connectivity index (χ0) is 15.1. The third kappa shape index (κ3) is 5.53. The number of hydrogen-bond donors (Lipinski definition) is 3. The Bertz CT molecular complexity index is 540. The van der Waals surface area contributed by atoms with Gasteiger partial charge in [0.15, 0.2) is 0 Å². The van der Waals surface area contributed by atoms with E-state index in [1.54, 1.807) is 24.3 Å². The van der Waals surface area contributed by atoms with Crippen molar-refractivity contribution in [2.75, 3.05) is 0 Å². The normalized spacial score (nSPS) is 12.1. The number of benzene rings is 1. The van der Waals surface area contributed by atoms with Gasteiger partial charge in [0.05, 0.1) is 6.42 Å². The van der Waals surface area contributed by atoms with Crippen molar-refractivity contribution in [2.45, 2.75) is 12.5 Å². The summed E-state index contributed by atoms with van der Waals surface area (Å²) in [6.45, 7) is 0. The summed E-state index contributed by atoms with van der Waals surface area (Å²) >= 11 is 5.71. The molecule has 0 aliphatic heterocycles. The molecular formula is C13H13ClN2O4. The molecule has 0 aliphatic rings. The Morgan fingerprint density at radius 1 is 1.30 bits per heavy atom. The molecule has 0 radical (unpaired) electrons. The van der Waals surface area contributed by atoms with E-state index in [0.717, 1.165) is 5.56 Å². The van der Waals surface area contributed by atoms with Gasteiger partial charge in [-0.2, -0.15) is 0 Å². The molecule has 1 atom stereocenters. The van der Waals surface area contributed by atoms with E-state index in [0.29, 0.717) is 5.02 Å². The fourth-order valence-electron chi connectivity index (χ4n) is 1.37. The molecule has 106 valence electrons. The number of aliphatic carboxylic acids is 1. The minimum atomic E-state index is -1.34. The third-order valence-electron chi connectivity index (χ3n) is 2.32. The van der Waals surface area contributed by atoms with E-state index < -0.39 is 30.2 Å². The monoisotopic (exact) mass is 296 g/mol. The summed E-state index contributed by atoms with van der Waals surface area (Å²) in [5.41, 5.74) is 5.63. The van der Waals surface area contributed by atoms with Crippen LogP contribution < -0.4 is 11.1 Å². The lowest BCUT2D eigenvalue weighted by Gasteiger charge is -2.10. The number of carboxylic acid groups (broad SMARTS) is 1. The highest BCUT2D eigenvalue weighted by atomic mass is 35.5. The molecule has 0 heterocycles. The van der Waals surface area contributed by atoms with Crippen LogP contribution in [0.5, 0.6) is 0 Å². The summed E-state index contributed by atoms with van der Waals surface area (Å²) in [6.07, 6.45) is 2.20. The van der Waals surface area contributed by atoms with Crippen LogP contribution in [0.4, 0.5) is 0 Å². The second-order valence-corrected chi connectivity index (χ2v) is 4.39. The number of primary amides is 1. The number of halogens is 1. The van der Waals surface area contributed by atoms with E-state index in [-0.39, 0.29) is 0 Å². The molecule has 7 heteroatoms. The van der Waals surface area contributed by atoms with Crippen LogP contribution in [0, 0.1) is 0 Å². The standard InChI is InChI=1S/C13H13ClN2O4/c14-9-4-1-8(2-5-9)3-6-12(18)16-10(13(19)20)7-11(15)17/h1-6,10H,7H2,(H2,15,17)(H,16,18)(H,19,20)/t10-/m0/s1. The molecule has 6 nitrogen and oxygen atoms in total. The predicted molar refractivity (Wildman–Crippen MR) is 73.9 cm³/mol. The summed E-state index contributed by atoms with van der Waals surface area (Å²) in [6, 6.07) is 5.38. The molecule has 1 aromatic rings. The van der Waals surface area contributed by atoms with E-state index in [2.05, 4.69) is 5.32 Å². The van der Waals surface area contributed by atoms with E-state index in [4.69, 9.17) is 22.4 Å². The topological polar surface area (TPSA) is 109 Å². The second-order valence-electron chi connectivity index (χ2n) is 3.95. The minimum absolute atomic E-state index is 0.462. The lowest BCUT2D eigenvalue weighted by molar-refractivity contribution is -0.142. The van der Waals surface area contributed by atoms with Gasteiger partial charge in [-0.3, -0.25) is 9.59 Å². The first kappa shape index (κ1) is 15.7. The number of hydrogen-bond acceptors (Lipinski definition) is 3. The van der Waals surface area contributed by atoms with Crippen LogP contribution in [0.15, 0.2) is 30.3 Å². The molecular weight excluding hydrogens is 284 g/mol. The Morgan fingerprint density at radius 3 is 2.40 bits per heavy atom. The summed E-state index contributed by atoms with van der Waals surface area (Å²) in [5, 5.41) is 11.6. The summed E-state index contributed by atoms with van der Waals surface area (Å²) in [5.74, 6) is -2.76. The van der Waals surface area contributed by atoms with Crippen LogP contribution in [0.2, 0.25) is 5.02 Å². The largest absolute Gasteiger partial charge is 0.480 e. The molecule has 1 rings (SSSR count). The molecule has 20 heavy (non-hydrogen) atoms. The lowest BCUT2D eigenvalue weighted by atomic mass is 10.2. The molecule has 0 saturated heterocycles. The quantitative estimate of drug-likeness (QED) is 0.674. The lowest BCUT2D eigenvalue weighted by Crippen LogP contribution is -2.42. The maximum absolute atomic E-state index is 11.5. The molecule has 0 bridgehead atoms. The van der Waals surface area contributed by atoms with E-state index >= 15 is 0 Å². The number of nitrogens with one attached hydrogen (secondary N) is 1. The van der Waals surface area contributed by atoms with Gasteiger partial charge in [0.25, 0.3) is 0 Å². The molecule has 0 spiro atoms. The Hall–Kier alpha value is -2.34. The number of carboxylic acids is 1. The predicted octanol–water partition coefficient (Wildman–Crippen LogP) is 0.798. The summed E-state index contributed by atoms with van der Waals surface area (Å²) < 4.78 is 0. The van der Waals surface area contributed by atoms with Crippen molar-refractivity contribution >= 4 is 35.5 Å². The average Bonchev–Trinajstić information content (AvgIpc) is 2.36. The zero-order valence-corrected chi connectivity index (χ0v) is 11.1. The Balaban J connectivity index is 2.63. The molecule has 0 fully saturated rings. The van der Waals surface area contributed by atoms with E-state index in [1.807, 2.05) is 0 Å². The van der Waals surface area contributed by atoms with Crippen LogP contribution >= 0.6 is 11.6 Å². The van der Waals surface area contributed by atoms with Crippen LogP contribution in [-0.2, 0) is 14.4 Å². The van der Waals surface area contributed by atoms with Gasteiger partial charge in [-0.15, -0.1) is 0 Å². The van der Waals surface area contributed by atoms with Crippen LogP contribution in [0.25, 0.3) is 6.08 Å². The summed E-state index contributed by atoms with van der Waals surface area (Å²) in [7, 11) is 0. The molecule has 0 unspecified atom stereocenters. The first-order valence-electron chi connectivity index (χ1n) is 5.63. The first-order valence-corrected chi connectivity index (χ1v) is 6.01. The Morgan fingerprint density at radius 2 is 1.90 bits per heavy atom. The minimum Gasteiger partial charge on any atom is -0.480 e. The van der Waals surface area contributed by atoms with Gasteiger partial charge in [0.1, 0.15) is 6.04 Å². The number of carbonyl (C=O) groups excluding carboxylic acids is 2. The van der Waals surface area contributed by atoms with Gasteiger partial charge in [0, 0.05) is 11.1 Å². The number of nitrogens with two attached hydrogens (primary N) is 1. The molecule has 0 aliphatic carbocycles. The van der Waals surface area contributed by atoms with Crippen LogP contribution in [0.3, 0.4) is 0 Å². The van der Waals surface area contributed by atoms with Crippen molar-refractivity contribution in [1.29, 1.82) is 0 Å². The Labute approximate surface area is 120 Å². The summed E-state index contributed by atoms with van der Waals surface area (Å²) in [4.78, 5) is 33.0. The van der Waals surface area contributed by atoms with Crippen molar-refractivity contribution in [1.82, 2.24) is 5.32 Å². The molecule has 4 N–H and O–H groups in total. The van der Waals surface area contributed by atoms with Crippen LogP contribution in [-0.4, -0.2) is 28.9 Å². The Kier molecular flexibility index (Phi) is 5.74. The smallest absolute Gasteiger partial charge is 0.326 e. The second kappa shape index (κ2) is 7.30. The third-order valence-corrected chi connectivity index (χ3v) is 2.57. The highest BCUT2D eigenvalue weighted by Gasteiger charge is 2.20. The van der Waals surface area contributed by atoms with Gasteiger partial charge < -0.3 is 16.2 Å². The van der Waals surface area contributed by atoms with Crippen molar-refractivity contribution in [3.05, 3.63) is 40.9 Å². The average molecular weight is 297 g/mol. The van der Waals surface area contributed by atoms with Crippen LogP contribution in [0.1, 0.15) is 12.0 Å². The highest BCUT2D eigenvalue weighted by molar-refractivity contribution is 6.30. The van der Waals surface area contributed by atoms with Crippen molar-refractivity contribution in [3.8, 4) is 0 Å². The zero-order valence-electron chi connectivity index (χ0n) is 10.4. The maximum atomic E-state index is 11.5.